The lowest BCUT2D eigenvalue weighted by Gasteiger charge is -2.20. The van der Waals surface area contributed by atoms with Crippen molar-refractivity contribution < 1.29 is 4.79 Å². The van der Waals surface area contributed by atoms with E-state index in [2.05, 4.69) is 6.07 Å². The van der Waals surface area contributed by atoms with Gasteiger partial charge >= 0.3 is 0 Å². The highest BCUT2D eigenvalue weighted by atomic mass is 16.1. The van der Waals surface area contributed by atoms with Crippen LogP contribution in [0.1, 0.15) is 15.9 Å². The van der Waals surface area contributed by atoms with Gasteiger partial charge in [-0.2, -0.15) is 5.26 Å². The second-order valence-corrected chi connectivity index (χ2v) is 5.64. The van der Waals surface area contributed by atoms with E-state index < -0.39 is 5.92 Å². The van der Waals surface area contributed by atoms with Gasteiger partial charge in [-0.25, -0.2) is 0 Å². The van der Waals surface area contributed by atoms with Crippen molar-refractivity contribution in [3.8, 4) is 6.07 Å². The summed E-state index contributed by atoms with van der Waals surface area (Å²) in [5.74, 6) is -0.228. The lowest BCUT2D eigenvalue weighted by molar-refractivity contribution is 0.0948. The number of nitrogens with two attached hydrogens (primary N) is 1. The minimum absolute atomic E-state index is 0.0697. The van der Waals surface area contributed by atoms with Crippen LogP contribution in [0.2, 0.25) is 0 Å². The number of carbonyl (C=O) groups excluding carboxylic acids is 1. The molecule has 0 bridgehead atoms. The maximum absolute atomic E-state index is 12.7. The molecule has 23 heavy (non-hydrogen) atoms. The molecule has 1 unspecified atom stereocenters. The lowest BCUT2D eigenvalue weighted by Crippen LogP contribution is -2.27. The second kappa shape index (κ2) is 5.98. The predicted octanol–water partition coefficient (Wildman–Crippen LogP) is 3.01. The molecule has 3 rings (SSSR count). The molecule has 1 aliphatic heterocycles. The summed E-state index contributed by atoms with van der Waals surface area (Å²) in [5.41, 5.74) is 9.13. The maximum atomic E-state index is 12.7. The molecule has 2 aromatic carbocycles. The molecule has 4 heteroatoms. The zero-order chi connectivity index (χ0) is 16.4. The Morgan fingerprint density at radius 2 is 1.83 bits per heavy atom. The van der Waals surface area contributed by atoms with Crippen LogP contribution in [0.5, 0.6) is 0 Å². The van der Waals surface area contributed by atoms with E-state index in [1.54, 1.807) is 12.1 Å². The van der Waals surface area contributed by atoms with Crippen molar-refractivity contribution in [2.45, 2.75) is 6.92 Å². The number of carbonyl (C=O) groups is 1. The maximum Gasteiger partial charge on any atom is 0.172 e. The summed E-state index contributed by atoms with van der Waals surface area (Å²) in [4.78, 5) is 14.6. The molecule has 0 amide bonds. The van der Waals surface area contributed by atoms with E-state index in [0.717, 1.165) is 11.3 Å². The van der Waals surface area contributed by atoms with Gasteiger partial charge in [-0.1, -0.05) is 48.0 Å². The van der Waals surface area contributed by atoms with Gasteiger partial charge in [0.1, 0.15) is 5.82 Å². The summed E-state index contributed by atoms with van der Waals surface area (Å²) in [5, 5.41) is 9.44. The first-order valence-electron chi connectivity index (χ1n) is 7.45. The number of hydrogen-bond donors (Lipinski definition) is 1. The summed E-state index contributed by atoms with van der Waals surface area (Å²) >= 11 is 0. The van der Waals surface area contributed by atoms with Crippen LogP contribution in [0, 0.1) is 24.2 Å². The number of nitrogens with zero attached hydrogens (tertiary/aromatic N) is 2. The molecule has 0 radical (unpaired) electrons. The number of nitriles is 1. The van der Waals surface area contributed by atoms with E-state index in [9.17, 15) is 10.1 Å². The van der Waals surface area contributed by atoms with Crippen molar-refractivity contribution in [3.63, 3.8) is 0 Å². The van der Waals surface area contributed by atoms with Gasteiger partial charge in [-0.05, 0) is 19.1 Å². The van der Waals surface area contributed by atoms with Gasteiger partial charge in [0.25, 0.3) is 0 Å². The Kier molecular flexibility index (Phi) is 3.86. The van der Waals surface area contributed by atoms with E-state index in [4.69, 9.17) is 5.73 Å². The van der Waals surface area contributed by atoms with E-state index >= 15 is 0 Å². The molecule has 0 aromatic heterocycles. The molecule has 4 nitrogen and oxygen atoms in total. The first-order chi connectivity index (χ1) is 11.1. The number of hydrogen-bond acceptors (Lipinski definition) is 4. The summed E-state index contributed by atoms with van der Waals surface area (Å²) in [7, 11) is 0. The van der Waals surface area contributed by atoms with E-state index in [1.807, 2.05) is 54.3 Å². The fourth-order valence-electron chi connectivity index (χ4n) is 2.82. The van der Waals surface area contributed by atoms with E-state index in [0.29, 0.717) is 23.5 Å². The minimum Gasteiger partial charge on any atom is -0.384 e. The fourth-order valence-corrected chi connectivity index (χ4v) is 2.82. The van der Waals surface area contributed by atoms with Gasteiger partial charge in [0.15, 0.2) is 5.78 Å². The molecule has 0 fully saturated rings. The Hall–Kier alpha value is -3.06. The lowest BCUT2D eigenvalue weighted by atomic mass is 9.93. The van der Waals surface area contributed by atoms with Gasteiger partial charge < -0.3 is 10.6 Å². The Balaban J connectivity index is 1.94. The topological polar surface area (TPSA) is 70.1 Å². The van der Waals surface area contributed by atoms with Gasteiger partial charge in [0, 0.05) is 17.8 Å². The number of aryl methyl sites for hydroxylation is 1. The third-order valence-corrected chi connectivity index (χ3v) is 4.12. The van der Waals surface area contributed by atoms with E-state index in [1.165, 1.54) is 0 Å². The highest BCUT2D eigenvalue weighted by molar-refractivity contribution is 6.01. The van der Waals surface area contributed by atoms with Crippen LogP contribution >= 0.6 is 0 Å². The predicted molar refractivity (Wildman–Crippen MR) is 89.6 cm³/mol. The van der Waals surface area contributed by atoms with Crippen LogP contribution in [0.4, 0.5) is 5.69 Å². The third kappa shape index (κ3) is 2.69. The minimum atomic E-state index is -0.524. The summed E-state index contributed by atoms with van der Waals surface area (Å²) < 4.78 is 0. The highest BCUT2D eigenvalue weighted by Crippen LogP contribution is 2.32. The third-order valence-electron chi connectivity index (χ3n) is 4.12. The molecule has 1 heterocycles. The zero-order valence-corrected chi connectivity index (χ0v) is 12.9. The number of rotatable bonds is 3. The van der Waals surface area contributed by atoms with Crippen molar-refractivity contribution in [2.75, 3.05) is 11.4 Å². The molecule has 1 aliphatic rings. The number of Topliss-reactive ketones (excluding diaryl/α,β-unsaturated/α-hetero) is 1. The zero-order valence-electron chi connectivity index (χ0n) is 12.9. The molecular formula is C19H17N3O. The molecular weight excluding hydrogens is 286 g/mol. The summed E-state index contributed by atoms with van der Waals surface area (Å²) in [6, 6.07) is 19.0. The average molecular weight is 303 g/mol. The van der Waals surface area contributed by atoms with Gasteiger partial charge in [0.2, 0.25) is 0 Å². The van der Waals surface area contributed by atoms with Gasteiger partial charge in [-0.15, -0.1) is 0 Å². The quantitative estimate of drug-likeness (QED) is 0.885. The fraction of sp³-hybridized carbons (Fsp3) is 0.158. The van der Waals surface area contributed by atoms with Crippen molar-refractivity contribution >= 4 is 11.5 Å². The van der Waals surface area contributed by atoms with Crippen LogP contribution in [0.25, 0.3) is 0 Å². The standard InChI is InChI=1S/C19H17N3O/c1-13-7-9-15(10-8-13)22-12-17(16(11-20)19(22)21)18(23)14-5-3-2-4-6-14/h2-10,17H,12,21H2,1H3. The van der Waals surface area contributed by atoms with E-state index in [-0.39, 0.29) is 5.78 Å². The largest absolute Gasteiger partial charge is 0.384 e. The van der Waals surface area contributed by atoms with Crippen molar-refractivity contribution in [3.05, 3.63) is 77.1 Å². The molecule has 2 N–H and O–H groups in total. The summed E-state index contributed by atoms with van der Waals surface area (Å²) in [6.07, 6.45) is 0. The van der Waals surface area contributed by atoms with Crippen molar-refractivity contribution in [2.24, 2.45) is 11.7 Å². The van der Waals surface area contributed by atoms with Crippen molar-refractivity contribution in [1.29, 1.82) is 5.26 Å². The summed E-state index contributed by atoms with van der Waals surface area (Å²) in [6.45, 7) is 2.40. The Morgan fingerprint density at radius 1 is 1.17 bits per heavy atom. The Labute approximate surface area is 135 Å². The highest BCUT2D eigenvalue weighted by Gasteiger charge is 2.36. The molecule has 0 saturated heterocycles. The first-order valence-corrected chi connectivity index (χ1v) is 7.45. The van der Waals surface area contributed by atoms with Gasteiger partial charge in [0.05, 0.1) is 17.6 Å². The van der Waals surface area contributed by atoms with Crippen LogP contribution in [-0.2, 0) is 0 Å². The number of anilines is 1. The number of ketones is 1. The Bertz CT molecular complexity index is 801. The Morgan fingerprint density at radius 3 is 2.43 bits per heavy atom. The number of benzene rings is 2. The molecule has 114 valence electrons. The van der Waals surface area contributed by atoms with Crippen LogP contribution in [0.3, 0.4) is 0 Å². The average Bonchev–Trinajstić information content (AvgIpc) is 2.92. The van der Waals surface area contributed by atoms with Crippen LogP contribution < -0.4 is 10.6 Å². The van der Waals surface area contributed by atoms with Gasteiger partial charge in [-0.3, -0.25) is 4.79 Å². The van der Waals surface area contributed by atoms with Crippen molar-refractivity contribution in [1.82, 2.24) is 0 Å². The molecule has 1 atom stereocenters. The molecule has 0 spiro atoms. The molecule has 0 saturated carbocycles. The molecule has 0 aliphatic carbocycles. The van der Waals surface area contributed by atoms with Crippen LogP contribution in [0.15, 0.2) is 66.0 Å². The smallest absolute Gasteiger partial charge is 0.172 e. The first kappa shape index (κ1) is 14.9. The van der Waals surface area contributed by atoms with Crippen LogP contribution in [-0.4, -0.2) is 12.3 Å². The normalized spacial score (nSPS) is 17.2. The SMILES string of the molecule is Cc1ccc(N2CC(C(=O)c3ccccc3)C(C#N)=C2N)cc1. The molecule has 2 aromatic rings. The monoisotopic (exact) mass is 303 g/mol. The second-order valence-electron chi connectivity index (χ2n) is 5.64.